The van der Waals surface area contributed by atoms with Crippen molar-refractivity contribution in [3.8, 4) is 0 Å². The van der Waals surface area contributed by atoms with Crippen LogP contribution < -0.4 is 18.1 Å². The number of carbonyl (C=O) groups excluding carboxylic acids is 2. The van der Waals surface area contributed by atoms with E-state index in [9.17, 15) is 9.59 Å². The molecule has 0 radical (unpaired) electrons. The third-order valence-corrected chi connectivity index (χ3v) is 2.58. The summed E-state index contributed by atoms with van der Waals surface area (Å²) in [5.41, 5.74) is 5.50. The maximum absolute atomic E-state index is 12.1. The normalized spacial score (nSPS) is 12.7. The van der Waals surface area contributed by atoms with Crippen LogP contribution in [0.5, 0.6) is 0 Å². The summed E-state index contributed by atoms with van der Waals surface area (Å²) < 4.78 is 0.568. The summed E-state index contributed by atoms with van der Waals surface area (Å²) in [5, 5.41) is 0. The Kier molecular flexibility index (Phi) is 8.38. The van der Waals surface area contributed by atoms with E-state index < -0.39 is 5.91 Å². The number of hydrogen-bond acceptors (Lipinski definition) is 2. The van der Waals surface area contributed by atoms with Crippen molar-refractivity contribution in [3.63, 3.8) is 0 Å². The fourth-order valence-corrected chi connectivity index (χ4v) is 1.79. The number of hydrogen-bond donors (Lipinski definition) is 1. The van der Waals surface area contributed by atoms with Gasteiger partial charge in [0.25, 0.3) is 5.91 Å². The number of quaternary nitrogens is 1. The Morgan fingerprint density at radius 3 is 2.11 bits per heavy atom. The molecular formula is C13H24ClN3O2. The van der Waals surface area contributed by atoms with E-state index in [-0.39, 0.29) is 24.5 Å². The van der Waals surface area contributed by atoms with Crippen molar-refractivity contribution in [1.29, 1.82) is 0 Å². The molecule has 0 saturated heterocycles. The standard InChI is InChI=1S/C13H23N3O2.ClH/c1-7-12(16(4,5)6)15(9-8-11(14)17)13(18)10(2)3;/h8-9,12H,2,7H2,1,3-6H3,(H-,14,17);1H. The molecule has 0 heterocycles. The molecule has 0 aliphatic heterocycles. The second-order valence-corrected chi connectivity index (χ2v) is 5.22. The van der Waals surface area contributed by atoms with Crippen molar-refractivity contribution >= 4 is 11.8 Å². The van der Waals surface area contributed by atoms with Gasteiger partial charge in [0.15, 0.2) is 6.17 Å². The minimum atomic E-state index is -0.578. The van der Waals surface area contributed by atoms with Gasteiger partial charge in [0, 0.05) is 24.3 Å². The number of nitrogens with zero attached hydrogens (tertiary/aromatic N) is 2. The minimum absolute atomic E-state index is 0. The topological polar surface area (TPSA) is 63.4 Å². The van der Waals surface area contributed by atoms with Crippen LogP contribution >= 0.6 is 0 Å². The van der Waals surface area contributed by atoms with Crippen LogP contribution in [0.2, 0.25) is 0 Å². The molecule has 0 aromatic carbocycles. The molecule has 0 aliphatic rings. The molecule has 0 bridgehead atoms. The van der Waals surface area contributed by atoms with Gasteiger partial charge in [0.05, 0.1) is 21.1 Å². The van der Waals surface area contributed by atoms with Crippen molar-refractivity contribution in [2.75, 3.05) is 21.1 Å². The summed E-state index contributed by atoms with van der Waals surface area (Å²) in [7, 11) is 5.97. The van der Waals surface area contributed by atoms with Crippen molar-refractivity contribution in [1.82, 2.24) is 4.90 Å². The summed E-state index contributed by atoms with van der Waals surface area (Å²) in [6, 6.07) is 0. The predicted octanol–water partition coefficient (Wildman–Crippen LogP) is -2.16. The van der Waals surface area contributed by atoms with Crippen LogP contribution in [-0.2, 0) is 9.59 Å². The third kappa shape index (κ3) is 6.40. The lowest BCUT2D eigenvalue weighted by molar-refractivity contribution is -0.905. The molecule has 0 spiro atoms. The van der Waals surface area contributed by atoms with E-state index in [4.69, 9.17) is 5.73 Å². The van der Waals surface area contributed by atoms with Crippen LogP contribution in [0, 0.1) is 0 Å². The molecule has 19 heavy (non-hydrogen) atoms. The molecule has 5 nitrogen and oxygen atoms in total. The van der Waals surface area contributed by atoms with Crippen LogP contribution in [0.25, 0.3) is 0 Å². The van der Waals surface area contributed by atoms with Crippen LogP contribution in [0.4, 0.5) is 0 Å². The van der Waals surface area contributed by atoms with Gasteiger partial charge in [0.2, 0.25) is 5.91 Å². The maximum Gasteiger partial charge on any atom is 0.257 e. The molecule has 110 valence electrons. The van der Waals surface area contributed by atoms with Crippen molar-refractivity contribution in [2.45, 2.75) is 26.4 Å². The van der Waals surface area contributed by atoms with Crippen LogP contribution in [0.3, 0.4) is 0 Å². The SMILES string of the molecule is C=C(C)C(=O)N(C=CC(N)=O)C(CC)[N+](C)(C)C.[Cl-]. The average molecular weight is 290 g/mol. The molecule has 1 atom stereocenters. The number of amides is 2. The lowest BCUT2D eigenvalue weighted by Crippen LogP contribution is -3.00. The molecule has 2 amide bonds. The molecule has 0 fully saturated rings. The Hall–Kier alpha value is -1.33. The van der Waals surface area contributed by atoms with Gasteiger partial charge < -0.3 is 22.6 Å². The zero-order valence-electron chi connectivity index (χ0n) is 12.3. The molecule has 0 aromatic heterocycles. The summed E-state index contributed by atoms with van der Waals surface area (Å²) in [5.74, 6) is -0.779. The monoisotopic (exact) mass is 289 g/mol. The quantitative estimate of drug-likeness (QED) is 0.344. The number of rotatable bonds is 6. The van der Waals surface area contributed by atoms with E-state index in [1.54, 1.807) is 6.92 Å². The lowest BCUT2D eigenvalue weighted by atomic mass is 10.2. The molecule has 2 N–H and O–H groups in total. The smallest absolute Gasteiger partial charge is 0.257 e. The lowest BCUT2D eigenvalue weighted by Gasteiger charge is -2.39. The molecule has 6 heteroatoms. The first kappa shape index (κ1) is 20.0. The van der Waals surface area contributed by atoms with E-state index in [0.29, 0.717) is 10.1 Å². The van der Waals surface area contributed by atoms with E-state index in [1.807, 2.05) is 28.1 Å². The zero-order valence-corrected chi connectivity index (χ0v) is 13.1. The van der Waals surface area contributed by atoms with Gasteiger partial charge in [0.1, 0.15) is 0 Å². The van der Waals surface area contributed by atoms with Crippen molar-refractivity contribution in [3.05, 3.63) is 24.4 Å². The molecule has 0 aliphatic carbocycles. The summed E-state index contributed by atoms with van der Waals surface area (Å²) in [6.45, 7) is 7.29. The Morgan fingerprint density at radius 2 is 1.84 bits per heavy atom. The van der Waals surface area contributed by atoms with Gasteiger partial charge >= 0.3 is 0 Å². The van der Waals surface area contributed by atoms with Gasteiger partial charge in [-0.25, -0.2) is 0 Å². The van der Waals surface area contributed by atoms with Crippen LogP contribution in [0.15, 0.2) is 24.4 Å². The van der Waals surface area contributed by atoms with E-state index >= 15 is 0 Å². The highest BCUT2D eigenvalue weighted by Gasteiger charge is 2.31. The summed E-state index contributed by atoms with van der Waals surface area (Å²) >= 11 is 0. The summed E-state index contributed by atoms with van der Waals surface area (Å²) in [4.78, 5) is 24.5. The highest BCUT2D eigenvalue weighted by atomic mass is 35.5. The summed E-state index contributed by atoms with van der Waals surface area (Å²) in [6.07, 6.45) is 3.31. The van der Waals surface area contributed by atoms with Gasteiger partial charge in [-0.15, -0.1) is 0 Å². The van der Waals surface area contributed by atoms with Crippen molar-refractivity contribution < 1.29 is 26.5 Å². The first-order chi connectivity index (χ1) is 8.11. The van der Waals surface area contributed by atoms with Gasteiger partial charge in [-0.3, -0.25) is 14.5 Å². The Morgan fingerprint density at radius 1 is 1.37 bits per heavy atom. The number of halogens is 1. The highest BCUT2D eigenvalue weighted by Crippen LogP contribution is 2.16. The zero-order chi connectivity index (χ0) is 14.5. The van der Waals surface area contributed by atoms with Crippen molar-refractivity contribution in [2.24, 2.45) is 5.73 Å². The van der Waals surface area contributed by atoms with E-state index in [1.165, 1.54) is 17.2 Å². The predicted molar refractivity (Wildman–Crippen MR) is 72.1 cm³/mol. The first-order valence-corrected chi connectivity index (χ1v) is 5.88. The Balaban J connectivity index is 0. The molecule has 1 unspecified atom stereocenters. The van der Waals surface area contributed by atoms with Crippen LogP contribution in [-0.4, -0.2) is 48.5 Å². The average Bonchev–Trinajstić information content (AvgIpc) is 2.20. The first-order valence-electron chi connectivity index (χ1n) is 5.88. The third-order valence-electron chi connectivity index (χ3n) is 2.58. The number of primary amides is 1. The number of carbonyl (C=O) groups is 2. The van der Waals surface area contributed by atoms with Gasteiger partial charge in [-0.2, -0.15) is 0 Å². The molecule has 0 aromatic rings. The fourth-order valence-electron chi connectivity index (χ4n) is 1.79. The second kappa shape index (κ2) is 7.96. The van der Waals surface area contributed by atoms with E-state index in [2.05, 4.69) is 6.58 Å². The van der Waals surface area contributed by atoms with E-state index in [0.717, 1.165) is 6.42 Å². The molecule has 0 saturated carbocycles. The number of nitrogens with two attached hydrogens (primary N) is 1. The van der Waals surface area contributed by atoms with Gasteiger partial charge in [-0.1, -0.05) is 13.5 Å². The second-order valence-electron chi connectivity index (χ2n) is 5.22. The minimum Gasteiger partial charge on any atom is -1.00 e. The molecular weight excluding hydrogens is 266 g/mol. The largest absolute Gasteiger partial charge is 1.00 e. The fraction of sp³-hybridized carbons (Fsp3) is 0.538. The maximum atomic E-state index is 12.1. The Labute approximate surface area is 121 Å². The molecule has 0 rings (SSSR count). The van der Waals surface area contributed by atoms with Crippen LogP contribution in [0.1, 0.15) is 20.3 Å². The Bertz CT molecular complexity index is 373. The highest BCUT2D eigenvalue weighted by molar-refractivity contribution is 5.94. The van der Waals surface area contributed by atoms with Gasteiger partial charge in [-0.05, 0) is 6.92 Å².